The van der Waals surface area contributed by atoms with E-state index in [0.717, 1.165) is 11.3 Å². The second-order valence-electron chi connectivity index (χ2n) is 5.74. The number of hydrogen-bond acceptors (Lipinski definition) is 5. The van der Waals surface area contributed by atoms with Crippen molar-refractivity contribution in [1.82, 2.24) is 20.0 Å². The molecule has 0 spiro atoms. The highest BCUT2D eigenvalue weighted by Gasteiger charge is 2.21. The number of nitrogens with zero attached hydrogens (tertiary/aromatic N) is 4. The van der Waals surface area contributed by atoms with Crippen LogP contribution in [0.2, 0.25) is 0 Å². The molecule has 1 amide bonds. The number of hydrogen-bond donors (Lipinski definition) is 1. The molecule has 0 atom stereocenters. The SMILES string of the molecule is O=C(Nc1nnc(C(F)F)s1)c1cn(-c2ccccc2)nc1-c1ccccc1. The molecule has 0 radical (unpaired) electrons. The highest BCUT2D eigenvalue weighted by molar-refractivity contribution is 7.15. The van der Waals surface area contributed by atoms with E-state index in [4.69, 9.17) is 0 Å². The van der Waals surface area contributed by atoms with Gasteiger partial charge in [-0.3, -0.25) is 10.1 Å². The standard InChI is InChI=1S/C19H13F2N5OS/c20-16(21)18-23-24-19(28-18)22-17(27)14-11-26(13-9-5-2-6-10-13)25-15(14)12-7-3-1-4-8-12/h1-11,16H,(H,22,24,27). The van der Waals surface area contributed by atoms with Gasteiger partial charge in [0.15, 0.2) is 5.01 Å². The van der Waals surface area contributed by atoms with Gasteiger partial charge in [0.05, 0.1) is 11.3 Å². The molecule has 0 aliphatic carbocycles. The minimum atomic E-state index is -2.73. The van der Waals surface area contributed by atoms with E-state index in [1.165, 1.54) is 0 Å². The Bertz CT molecular complexity index is 1100. The van der Waals surface area contributed by atoms with Crippen molar-refractivity contribution in [3.8, 4) is 16.9 Å². The Labute approximate surface area is 162 Å². The van der Waals surface area contributed by atoms with Gasteiger partial charge in [0.2, 0.25) is 5.13 Å². The van der Waals surface area contributed by atoms with Crippen LogP contribution in [-0.4, -0.2) is 25.9 Å². The molecule has 0 unspecified atom stereocenters. The van der Waals surface area contributed by atoms with Crippen LogP contribution in [0.5, 0.6) is 0 Å². The summed E-state index contributed by atoms with van der Waals surface area (Å²) in [4.78, 5) is 12.8. The zero-order chi connectivity index (χ0) is 19.5. The molecule has 0 fully saturated rings. The van der Waals surface area contributed by atoms with Gasteiger partial charge < -0.3 is 0 Å². The molecule has 0 saturated heterocycles. The lowest BCUT2D eigenvalue weighted by Crippen LogP contribution is -2.12. The normalized spacial score (nSPS) is 11.0. The second kappa shape index (κ2) is 7.65. The van der Waals surface area contributed by atoms with Gasteiger partial charge in [-0.2, -0.15) is 5.10 Å². The molecule has 4 aromatic rings. The third-order valence-corrected chi connectivity index (χ3v) is 4.72. The van der Waals surface area contributed by atoms with E-state index in [1.54, 1.807) is 10.9 Å². The Morgan fingerprint density at radius 3 is 2.32 bits per heavy atom. The maximum atomic E-state index is 12.8. The van der Waals surface area contributed by atoms with Crippen molar-refractivity contribution in [2.75, 3.05) is 5.32 Å². The van der Waals surface area contributed by atoms with Crippen molar-refractivity contribution in [3.05, 3.63) is 77.4 Å². The number of carbonyl (C=O) groups is 1. The number of carbonyl (C=O) groups excluding carboxylic acids is 1. The summed E-state index contributed by atoms with van der Waals surface area (Å²) >= 11 is 0.637. The lowest BCUT2D eigenvalue weighted by Gasteiger charge is -2.02. The summed E-state index contributed by atoms with van der Waals surface area (Å²) in [7, 11) is 0. The van der Waals surface area contributed by atoms with Gasteiger partial charge in [0, 0.05) is 11.8 Å². The Morgan fingerprint density at radius 1 is 1.00 bits per heavy atom. The molecule has 2 aromatic carbocycles. The van der Waals surface area contributed by atoms with Crippen molar-refractivity contribution in [3.63, 3.8) is 0 Å². The van der Waals surface area contributed by atoms with Gasteiger partial charge in [-0.15, -0.1) is 10.2 Å². The molecule has 28 heavy (non-hydrogen) atoms. The van der Waals surface area contributed by atoms with Crippen molar-refractivity contribution in [1.29, 1.82) is 0 Å². The minimum absolute atomic E-state index is 0.00627. The lowest BCUT2D eigenvalue weighted by atomic mass is 10.1. The van der Waals surface area contributed by atoms with E-state index in [0.29, 0.717) is 22.6 Å². The van der Waals surface area contributed by atoms with Gasteiger partial charge in [-0.25, -0.2) is 13.5 Å². The number of halogens is 2. The molecular formula is C19H13F2N5OS. The summed E-state index contributed by atoms with van der Waals surface area (Å²) in [5.41, 5.74) is 2.31. The Morgan fingerprint density at radius 2 is 1.68 bits per heavy atom. The quantitative estimate of drug-likeness (QED) is 0.535. The third kappa shape index (κ3) is 3.65. The summed E-state index contributed by atoms with van der Waals surface area (Å²) in [5, 5.41) is 13.6. The maximum Gasteiger partial charge on any atom is 0.291 e. The molecule has 4 rings (SSSR count). The van der Waals surface area contributed by atoms with E-state index in [9.17, 15) is 13.6 Å². The highest BCUT2D eigenvalue weighted by atomic mass is 32.1. The second-order valence-corrected chi connectivity index (χ2v) is 6.75. The summed E-state index contributed by atoms with van der Waals surface area (Å²) in [6.07, 6.45) is -1.13. The van der Waals surface area contributed by atoms with Crippen molar-refractivity contribution < 1.29 is 13.6 Å². The first kappa shape index (κ1) is 17.9. The smallest absolute Gasteiger partial charge is 0.291 e. The molecule has 2 aromatic heterocycles. The van der Waals surface area contributed by atoms with Crippen LogP contribution >= 0.6 is 11.3 Å². The molecule has 0 aliphatic heterocycles. The lowest BCUT2D eigenvalue weighted by molar-refractivity contribution is 0.102. The van der Waals surface area contributed by atoms with Crippen LogP contribution in [0.15, 0.2) is 66.9 Å². The predicted octanol–water partition coefficient (Wildman–Crippen LogP) is 4.58. The zero-order valence-electron chi connectivity index (χ0n) is 14.3. The summed E-state index contributed by atoms with van der Waals surface area (Å²) in [5.74, 6) is -0.502. The van der Waals surface area contributed by atoms with Crippen LogP contribution in [0.3, 0.4) is 0 Å². The largest absolute Gasteiger partial charge is 0.296 e. The third-order valence-electron chi connectivity index (χ3n) is 3.87. The Hall–Kier alpha value is -3.46. The molecule has 0 aliphatic rings. The number of para-hydroxylation sites is 1. The van der Waals surface area contributed by atoms with E-state index in [-0.39, 0.29) is 5.13 Å². The Balaban J connectivity index is 1.71. The molecule has 2 heterocycles. The van der Waals surface area contributed by atoms with Gasteiger partial charge >= 0.3 is 0 Å². The molecule has 1 N–H and O–H groups in total. The summed E-state index contributed by atoms with van der Waals surface area (Å²) in [6.45, 7) is 0. The van der Waals surface area contributed by atoms with E-state index < -0.39 is 17.3 Å². The van der Waals surface area contributed by atoms with E-state index in [2.05, 4.69) is 20.6 Å². The number of alkyl halides is 2. The first-order valence-corrected chi connectivity index (χ1v) is 9.07. The average Bonchev–Trinajstić information content (AvgIpc) is 3.37. The molecular weight excluding hydrogens is 384 g/mol. The number of rotatable bonds is 5. The fourth-order valence-corrected chi connectivity index (χ4v) is 3.19. The van der Waals surface area contributed by atoms with E-state index >= 15 is 0 Å². The Kier molecular flexibility index (Phi) is 4.90. The molecule has 0 bridgehead atoms. The van der Waals surface area contributed by atoms with Crippen molar-refractivity contribution >= 4 is 22.4 Å². The highest BCUT2D eigenvalue weighted by Crippen LogP contribution is 2.27. The van der Waals surface area contributed by atoms with Crippen LogP contribution in [0, 0.1) is 0 Å². The van der Waals surface area contributed by atoms with Crippen LogP contribution in [-0.2, 0) is 0 Å². The predicted molar refractivity (Wildman–Crippen MR) is 102 cm³/mol. The van der Waals surface area contributed by atoms with Crippen molar-refractivity contribution in [2.24, 2.45) is 0 Å². The topological polar surface area (TPSA) is 72.7 Å². The maximum absolute atomic E-state index is 12.8. The summed E-state index contributed by atoms with van der Waals surface area (Å²) < 4.78 is 27.0. The fourth-order valence-electron chi connectivity index (χ4n) is 2.60. The molecule has 140 valence electrons. The zero-order valence-corrected chi connectivity index (χ0v) is 15.1. The summed E-state index contributed by atoms with van der Waals surface area (Å²) in [6, 6.07) is 18.6. The number of nitrogens with one attached hydrogen (secondary N) is 1. The molecule has 0 saturated carbocycles. The van der Waals surface area contributed by atoms with E-state index in [1.807, 2.05) is 60.7 Å². The number of amides is 1. The van der Waals surface area contributed by atoms with Crippen LogP contribution in [0.4, 0.5) is 13.9 Å². The monoisotopic (exact) mass is 397 g/mol. The van der Waals surface area contributed by atoms with Gasteiger partial charge in [-0.05, 0) is 12.1 Å². The molecule has 6 nitrogen and oxygen atoms in total. The number of benzene rings is 2. The van der Waals surface area contributed by atoms with Crippen LogP contribution < -0.4 is 5.32 Å². The van der Waals surface area contributed by atoms with Gasteiger partial charge in [-0.1, -0.05) is 59.9 Å². The first-order valence-electron chi connectivity index (χ1n) is 8.25. The van der Waals surface area contributed by atoms with Gasteiger partial charge in [0.25, 0.3) is 12.3 Å². The molecule has 9 heteroatoms. The fraction of sp³-hybridized carbons (Fsp3) is 0.0526. The van der Waals surface area contributed by atoms with Crippen LogP contribution in [0.1, 0.15) is 21.8 Å². The number of aromatic nitrogens is 4. The average molecular weight is 397 g/mol. The van der Waals surface area contributed by atoms with Gasteiger partial charge in [0.1, 0.15) is 5.69 Å². The minimum Gasteiger partial charge on any atom is -0.296 e. The van der Waals surface area contributed by atoms with Crippen molar-refractivity contribution in [2.45, 2.75) is 6.43 Å². The van der Waals surface area contributed by atoms with Crippen LogP contribution in [0.25, 0.3) is 16.9 Å². The number of anilines is 1. The first-order chi connectivity index (χ1) is 13.6.